The van der Waals surface area contributed by atoms with Crippen LogP contribution in [0.1, 0.15) is 10.4 Å². The molecular weight excluding hydrogens is 263 g/mol. The molecule has 3 aromatic rings. The summed E-state index contributed by atoms with van der Waals surface area (Å²) in [5.41, 5.74) is 2.10. The van der Waals surface area contributed by atoms with Crippen LogP contribution in [0.15, 0.2) is 52.5 Å². The first-order valence-electron chi connectivity index (χ1n) is 5.63. The summed E-state index contributed by atoms with van der Waals surface area (Å²) in [5.74, 6) is -0.428. The van der Waals surface area contributed by atoms with Gasteiger partial charge < -0.3 is 4.98 Å². The van der Waals surface area contributed by atoms with E-state index in [9.17, 15) is 9.18 Å². The predicted octanol–water partition coefficient (Wildman–Crippen LogP) is 3.67. The maximum Gasteiger partial charge on any atom is 0.171 e. The lowest BCUT2D eigenvalue weighted by atomic mass is 10.2. The van der Waals surface area contributed by atoms with Crippen molar-refractivity contribution in [2.45, 2.75) is 10.1 Å². The van der Waals surface area contributed by atoms with Crippen molar-refractivity contribution in [2.75, 3.05) is 0 Å². The molecule has 0 aliphatic carbocycles. The summed E-state index contributed by atoms with van der Waals surface area (Å²) >= 11 is 1.29. The Morgan fingerprint density at radius 3 is 2.84 bits per heavy atom. The van der Waals surface area contributed by atoms with Crippen LogP contribution in [0.25, 0.3) is 11.0 Å². The molecule has 0 amide bonds. The van der Waals surface area contributed by atoms with E-state index in [1.807, 2.05) is 24.3 Å². The fraction of sp³-hybridized carbons (Fsp3) is 0. The molecule has 19 heavy (non-hydrogen) atoms. The maximum absolute atomic E-state index is 13.3. The number of aromatic amines is 1. The summed E-state index contributed by atoms with van der Waals surface area (Å²) in [7, 11) is 0. The highest BCUT2D eigenvalue weighted by atomic mass is 32.2. The lowest BCUT2D eigenvalue weighted by Crippen LogP contribution is -1.85. The molecule has 0 radical (unpaired) electrons. The first-order valence-corrected chi connectivity index (χ1v) is 6.44. The van der Waals surface area contributed by atoms with E-state index >= 15 is 0 Å². The van der Waals surface area contributed by atoms with Crippen LogP contribution in [-0.4, -0.2) is 16.3 Å². The van der Waals surface area contributed by atoms with E-state index in [0.717, 1.165) is 11.0 Å². The van der Waals surface area contributed by atoms with Gasteiger partial charge in [0.25, 0.3) is 0 Å². The third-order valence-electron chi connectivity index (χ3n) is 2.61. The number of carbonyl (C=O) groups excluding carboxylic acids is 1. The van der Waals surface area contributed by atoms with Crippen LogP contribution in [0.2, 0.25) is 0 Å². The van der Waals surface area contributed by atoms with Crippen molar-refractivity contribution in [3.05, 3.63) is 53.8 Å². The van der Waals surface area contributed by atoms with Gasteiger partial charge >= 0.3 is 0 Å². The van der Waals surface area contributed by atoms with Crippen molar-refractivity contribution < 1.29 is 9.18 Å². The highest BCUT2D eigenvalue weighted by molar-refractivity contribution is 7.99. The Hall–Kier alpha value is -2.14. The van der Waals surface area contributed by atoms with Gasteiger partial charge in [-0.1, -0.05) is 23.9 Å². The number of halogens is 1. The molecule has 3 nitrogen and oxygen atoms in total. The molecule has 1 N–H and O–H groups in total. The van der Waals surface area contributed by atoms with Gasteiger partial charge in [0.1, 0.15) is 12.1 Å². The van der Waals surface area contributed by atoms with Gasteiger partial charge in [-0.05, 0) is 30.3 Å². The zero-order valence-electron chi connectivity index (χ0n) is 9.76. The van der Waals surface area contributed by atoms with E-state index in [1.54, 1.807) is 6.07 Å². The van der Waals surface area contributed by atoms with Gasteiger partial charge in [-0.2, -0.15) is 0 Å². The zero-order chi connectivity index (χ0) is 13.2. The first kappa shape index (κ1) is 11.9. The average Bonchev–Trinajstić information content (AvgIpc) is 2.80. The minimum atomic E-state index is -0.428. The number of nitrogens with one attached hydrogen (secondary N) is 1. The molecule has 0 spiro atoms. The summed E-state index contributed by atoms with van der Waals surface area (Å²) in [5, 5.41) is 0.670. The van der Waals surface area contributed by atoms with Crippen molar-refractivity contribution in [1.29, 1.82) is 0 Å². The highest BCUT2D eigenvalue weighted by Gasteiger charge is 2.06. The third-order valence-corrected chi connectivity index (χ3v) is 3.47. The number of para-hydroxylation sites is 2. The smallest absolute Gasteiger partial charge is 0.171 e. The van der Waals surface area contributed by atoms with Gasteiger partial charge in [-0.25, -0.2) is 9.37 Å². The number of rotatable bonds is 3. The number of imidazole rings is 1. The van der Waals surface area contributed by atoms with Crippen LogP contribution in [0.5, 0.6) is 0 Å². The van der Waals surface area contributed by atoms with Crippen LogP contribution in [0.4, 0.5) is 4.39 Å². The molecule has 0 fully saturated rings. The second-order valence-electron chi connectivity index (χ2n) is 4.00. The quantitative estimate of drug-likeness (QED) is 0.740. The Bertz CT molecular complexity index is 721. The zero-order valence-corrected chi connectivity index (χ0v) is 10.6. The van der Waals surface area contributed by atoms with Gasteiger partial charge in [0.05, 0.1) is 11.0 Å². The number of carbonyl (C=O) groups is 1. The van der Waals surface area contributed by atoms with Crippen molar-refractivity contribution in [2.24, 2.45) is 0 Å². The van der Waals surface area contributed by atoms with Gasteiger partial charge in [0.2, 0.25) is 0 Å². The van der Waals surface area contributed by atoms with E-state index in [0.29, 0.717) is 21.9 Å². The van der Waals surface area contributed by atoms with Gasteiger partial charge in [-0.3, -0.25) is 4.79 Å². The van der Waals surface area contributed by atoms with Gasteiger partial charge in [0, 0.05) is 10.5 Å². The molecule has 0 saturated heterocycles. The number of aldehydes is 1. The Balaban J connectivity index is 1.96. The Kier molecular flexibility index (Phi) is 3.05. The molecule has 3 rings (SSSR count). The van der Waals surface area contributed by atoms with E-state index in [4.69, 9.17) is 0 Å². The Morgan fingerprint density at radius 2 is 2.05 bits per heavy atom. The molecule has 0 aliphatic heterocycles. The Morgan fingerprint density at radius 1 is 1.21 bits per heavy atom. The lowest BCUT2D eigenvalue weighted by Gasteiger charge is -1.99. The predicted molar refractivity (Wildman–Crippen MR) is 72.0 cm³/mol. The molecule has 94 valence electrons. The molecule has 2 aromatic carbocycles. The summed E-state index contributed by atoms with van der Waals surface area (Å²) in [6.07, 6.45) is 0.631. The average molecular weight is 272 g/mol. The highest BCUT2D eigenvalue weighted by Crippen LogP contribution is 2.28. The molecule has 0 bridgehead atoms. The largest absolute Gasteiger partial charge is 0.333 e. The molecule has 5 heteroatoms. The number of hydrogen-bond donors (Lipinski definition) is 1. The minimum Gasteiger partial charge on any atom is -0.333 e. The monoisotopic (exact) mass is 272 g/mol. The second-order valence-corrected chi connectivity index (χ2v) is 5.06. The number of benzene rings is 2. The molecular formula is C14H9FN2OS. The number of aromatic nitrogens is 2. The van der Waals surface area contributed by atoms with Crippen LogP contribution >= 0.6 is 11.8 Å². The fourth-order valence-corrected chi connectivity index (χ4v) is 2.70. The van der Waals surface area contributed by atoms with Crippen molar-refractivity contribution >= 4 is 29.1 Å². The maximum atomic E-state index is 13.3. The van der Waals surface area contributed by atoms with E-state index in [-0.39, 0.29) is 0 Å². The number of fused-ring (bicyclic) bond motifs is 1. The normalized spacial score (nSPS) is 10.8. The SMILES string of the molecule is O=Cc1cc(F)cc(Sc2nc3ccccc3[nH]2)c1. The molecule has 0 atom stereocenters. The number of nitrogens with zero attached hydrogens (tertiary/aromatic N) is 1. The van der Waals surface area contributed by atoms with Crippen LogP contribution < -0.4 is 0 Å². The molecule has 1 aromatic heterocycles. The molecule has 0 unspecified atom stereocenters. The van der Waals surface area contributed by atoms with Gasteiger partial charge in [-0.15, -0.1) is 0 Å². The van der Waals surface area contributed by atoms with Crippen LogP contribution in [0.3, 0.4) is 0 Å². The standard InChI is InChI=1S/C14H9FN2OS/c15-10-5-9(8-18)6-11(7-10)19-14-16-12-3-1-2-4-13(12)17-14/h1-8H,(H,16,17). The third kappa shape index (κ3) is 2.51. The van der Waals surface area contributed by atoms with Crippen LogP contribution in [0, 0.1) is 5.82 Å². The fourth-order valence-electron chi connectivity index (χ4n) is 1.80. The van der Waals surface area contributed by atoms with E-state index in [1.165, 1.54) is 23.9 Å². The molecule has 0 saturated carbocycles. The van der Waals surface area contributed by atoms with Crippen molar-refractivity contribution in [3.8, 4) is 0 Å². The molecule has 0 aliphatic rings. The van der Waals surface area contributed by atoms with Gasteiger partial charge in [0.15, 0.2) is 5.16 Å². The lowest BCUT2D eigenvalue weighted by molar-refractivity contribution is 0.112. The first-order chi connectivity index (χ1) is 9.24. The van der Waals surface area contributed by atoms with Crippen molar-refractivity contribution in [1.82, 2.24) is 9.97 Å². The second kappa shape index (κ2) is 4.85. The summed E-state index contributed by atoms with van der Waals surface area (Å²) in [6.45, 7) is 0. The minimum absolute atomic E-state index is 0.318. The van der Waals surface area contributed by atoms with E-state index < -0.39 is 5.82 Å². The Labute approximate surface area is 112 Å². The van der Waals surface area contributed by atoms with Crippen LogP contribution in [-0.2, 0) is 0 Å². The van der Waals surface area contributed by atoms with Crippen molar-refractivity contribution in [3.63, 3.8) is 0 Å². The number of H-pyrrole nitrogens is 1. The topological polar surface area (TPSA) is 45.8 Å². The number of hydrogen-bond acceptors (Lipinski definition) is 3. The summed E-state index contributed by atoms with van der Waals surface area (Å²) in [4.78, 5) is 18.9. The molecule has 1 heterocycles. The summed E-state index contributed by atoms with van der Waals surface area (Å²) < 4.78 is 13.3. The van der Waals surface area contributed by atoms with E-state index in [2.05, 4.69) is 9.97 Å². The summed E-state index contributed by atoms with van der Waals surface area (Å²) in [6, 6.07) is 11.9.